The van der Waals surface area contributed by atoms with Crippen LogP contribution in [0.15, 0.2) is 63.5 Å². The fraction of sp³-hybridized carbons (Fsp3) is 0.176. The smallest absolute Gasteiger partial charge is 0.148 e. The summed E-state index contributed by atoms with van der Waals surface area (Å²) >= 11 is 3.53. The van der Waals surface area contributed by atoms with Crippen LogP contribution in [0.1, 0.15) is 17.4 Å². The van der Waals surface area contributed by atoms with E-state index in [9.17, 15) is 0 Å². The molecule has 1 unspecified atom stereocenters. The van der Waals surface area contributed by atoms with Crippen molar-refractivity contribution in [2.45, 2.75) is 12.5 Å². The Labute approximate surface area is 126 Å². The molecular weight excluding hydrogens is 314 g/mol. The Morgan fingerprint density at radius 1 is 1.10 bits per heavy atom. The number of rotatable bonds is 4. The third-order valence-electron chi connectivity index (χ3n) is 3.49. The van der Waals surface area contributed by atoms with Gasteiger partial charge in [-0.1, -0.05) is 42.5 Å². The van der Waals surface area contributed by atoms with E-state index in [1.807, 2.05) is 25.2 Å². The van der Waals surface area contributed by atoms with Crippen LogP contribution in [0.4, 0.5) is 0 Å². The molecular formula is C17H16BrNO. The molecule has 0 aliphatic carbocycles. The zero-order valence-corrected chi connectivity index (χ0v) is 12.9. The molecule has 0 spiro atoms. The van der Waals surface area contributed by atoms with Crippen LogP contribution < -0.4 is 5.32 Å². The molecule has 2 nitrogen and oxygen atoms in total. The Kier molecular flexibility index (Phi) is 3.90. The quantitative estimate of drug-likeness (QED) is 0.750. The number of hydrogen-bond acceptors (Lipinski definition) is 2. The molecule has 2 aromatic carbocycles. The van der Waals surface area contributed by atoms with Crippen molar-refractivity contribution in [3.8, 4) is 0 Å². The Morgan fingerprint density at radius 2 is 1.90 bits per heavy atom. The number of furan rings is 1. The van der Waals surface area contributed by atoms with E-state index in [4.69, 9.17) is 4.42 Å². The van der Waals surface area contributed by atoms with Gasteiger partial charge in [-0.25, -0.2) is 0 Å². The summed E-state index contributed by atoms with van der Waals surface area (Å²) in [5.74, 6) is 0.971. The highest BCUT2D eigenvalue weighted by Gasteiger charge is 2.16. The van der Waals surface area contributed by atoms with E-state index in [1.54, 1.807) is 0 Å². The van der Waals surface area contributed by atoms with Gasteiger partial charge in [-0.15, -0.1) is 0 Å². The molecule has 0 amide bonds. The number of para-hydroxylation sites is 1. The first-order valence-corrected chi connectivity index (χ1v) is 7.46. The fourth-order valence-electron chi connectivity index (χ4n) is 2.41. The van der Waals surface area contributed by atoms with Crippen LogP contribution in [0.25, 0.3) is 11.0 Å². The maximum Gasteiger partial charge on any atom is 0.148 e. The van der Waals surface area contributed by atoms with Crippen molar-refractivity contribution < 1.29 is 4.42 Å². The van der Waals surface area contributed by atoms with E-state index in [-0.39, 0.29) is 6.04 Å². The van der Waals surface area contributed by atoms with Gasteiger partial charge in [-0.05, 0) is 47.1 Å². The van der Waals surface area contributed by atoms with Gasteiger partial charge in [-0.2, -0.15) is 0 Å². The van der Waals surface area contributed by atoms with Crippen LogP contribution in [0, 0.1) is 0 Å². The highest BCUT2D eigenvalue weighted by molar-refractivity contribution is 9.10. The number of likely N-dealkylation sites (N-methyl/N-ethyl adjacent to an activating group) is 1. The molecule has 1 atom stereocenters. The first kappa shape index (κ1) is 13.4. The number of benzene rings is 2. The third kappa shape index (κ3) is 2.65. The van der Waals surface area contributed by atoms with E-state index in [0.29, 0.717) is 0 Å². The van der Waals surface area contributed by atoms with E-state index in [2.05, 4.69) is 57.6 Å². The summed E-state index contributed by atoms with van der Waals surface area (Å²) < 4.78 is 7.01. The molecule has 1 N–H and O–H groups in total. The molecule has 0 saturated heterocycles. The van der Waals surface area contributed by atoms with Crippen LogP contribution in [0.2, 0.25) is 0 Å². The van der Waals surface area contributed by atoms with Crippen molar-refractivity contribution in [1.29, 1.82) is 0 Å². The fourth-order valence-corrected chi connectivity index (χ4v) is 2.88. The number of hydrogen-bond donors (Lipinski definition) is 1. The lowest BCUT2D eigenvalue weighted by atomic mass is 10.0. The highest BCUT2D eigenvalue weighted by atomic mass is 79.9. The molecule has 0 aliphatic rings. The molecule has 0 fully saturated rings. The first-order chi connectivity index (χ1) is 9.78. The first-order valence-electron chi connectivity index (χ1n) is 6.67. The molecule has 3 aromatic rings. The summed E-state index contributed by atoms with van der Waals surface area (Å²) in [4.78, 5) is 0. The van der Waals surface area contributed by atoms with Crippen molar-refractivity contribution in [2.75, 3.05) is 7.05 Å². The van der Waals surface area contributed by atoms with Crippen molar-refractivity contribution >= 4 is 26.9 Å². The second kappa shape index (κ2) is 5.81. The van der Waals surface area contributed by atoms with Gasteiger partial charge in [0.2, 0.25) is 0 Å². The minimum atomic E-state index is 0.178. The lowest BCUT2D eigenvalue weighted by molar-refractivity contribution is 0.450. The van der Waals surface area contributed by atoms with Crippen LogP contribution in [-0.2, 0) is 6.42 Å². The van der Waals surface area contributed by atoms with Gasteiger partial charge in [0, 0.05) is 5.39 Å². The summed E-state index contributed by atoms with van der Waals surface area (Å²) in [6.07, 6.45) is 0.911. The normalized spacial score (nSPS) is 12.7. The summed E-state index contributed by atoms with van der Waals surface area (Å²) in [6, 6.07) is 18.8. The summed E-state index contributed by atoms with van der Waals surface area (Å²) in [5.41, 5.74) is 2.21. The monoisotopic (exact) mass is 329 g/mol. The Morgan fingerprint density at radius 3 is 2.60 bits per heavy atom. The topological polar surface area (TPSA) is 25.2 Å². The van der Waals surface area contributed by atoms with Crippen LogP contribution in [0.3, 0.4) is 0 Å². The average molecular weight is 330 g/mol. The highest BCUT2D eigenvalue weighted by Crippen LogP contribution is 2.30. The van der Waals surface area contributed by atoms with Gasteiger partial charge in [0.05, 0.1) is 10.5 Å². The summed E-state index contributed by atoms with van der Waals surface area (Å²) in [7, 11) is 1.97. The predicted molar refractivity (Wildman–Crippen MR) is 85.9 cm³/mol. The van der Waals surface area contributed by atoms with E-state index in [0.717, 1.165) is 27.6 Å². The van der Waals surface area contributed by atoms with Gasteiger partial charge < -0.3 is 9.73 Å². The maximum atomic E-state index is 6.01. The molecule has 20 heavy (non-hydrogen) atoms. The van der Waals surface area contributed by atoms with E-state index < -0.39 is 0 Å². The van der Waals surface area contributed by atoms with Gasteiger partial charge in [0.1, 0.15) is 11.3 Å². The zero-order chi connectivity index (χ0) is 13.9. The lowest BCUT2D eigenvalue weighted by Gasteiger charge is -2.13. The van der Waals surface area contributed by atoms with Crippen molar-refractivity contribution in [3.63, 3.8) is 0 Å². The average Bonchev–Trinajstić information content (AvgIpc) is 2.91. The molecule has 3 heteroatoms. The van der Waals surface area contributed by atoms with Gasteiger partial charge in [0.15, 0.2) is 0 Å². The van der Waals surface area contributed by atoms with Gasteiger partial charge >= 0.3 is 0 Å². The Hall–Kier alpha value is -1.58. The van der Waals surface area contributed by atoms with Crippen LogP contribution >= 0.6 is 15.9 Å². The zero-order valence-electron chi connectivity index (χ0n) is 11.3. The lowest BCUT2D eigenvalue weighted by Crippen LogP contribution is -2.18. The summed E-state index contributed by atoms with van der Waals surface area (Å²) in [6.45, 7) is 0. The molecule has 0 radical (unpaired) electrons. The summed E-state index contributed by atoms with van der Waals surface area (Å²) in [5, 5.41) is 4.47. The number of halogens is 1. The molecule has 0 aliphatic heterocycles. The number of nitrogens with one attached hydrogen (secondary N) is 1. The molecule has 102 valence electrons. The minimum Gasteiger partial charge on any atom is -0.458 e. The largest absolute Gasteiger partial charge is 0.458 e. The second-order valence-electron chi connectivity index (χ2n) is 4.84. The van der Waals surface area contributed by atoms with Crippen LogP contribution in [0.5, 0.6) is 0 Å². The SMILES string of the molecule is CNC(Cc1ccccc1)c1cc2cccc(Br)c2o1. The van der Waals surface area contributed by atoms with Crippen molar-refractivity contribution in [1.82, 2.24) is 5.32 Å². The van der Waals surface area contributed by atoms with Gasteiger partial charge in [-0.3, -0.25) is 0 Å². The predicted octanol–water partition coefficient (Wildman–Crippen LogP) is 4.70. The number of fused-ring (bicyclic) bond motifs is 1. The minimum absolute atomic E-state index is 0.178. The molecule has 3 rings (SSSR count). The molecule has 1 heterocycles. The van der Waals surface area contributed by atoms with Crippen molar-refractivity contribution in [2.24, 2.45) is 0 Å². The van der Waals surface area contributed by atoms with Gasteiger partial charge in [0.25, 0.3) is 0 Å². The Balaban J connectivity index is 1.93. The second-order valence-corrected chi connectivity index (χ2v) is 5.69. The van der Waals surface area contributed by atoms with Crippen molar-refractivity contribution in [3.05, 3.63) is 70.4 Å². The Bertz CT molecular complexity index is 705. The standard InChI is InChI=1S/C17H16BrNO/c1-19-15(10-12-6-3-2-4-7-12)16-11-13-8-5-9-14(18)17(13)20-16/h2-9,11,15,19H,10H2,1H3. The molecule has 0 saturated carbocycles. The van der Waals surface area contributed by atoms with Crippen LogP contribution in [-0.4, -0.2) is 7.05 Å². The molecule has 1 aromatic heterocycles. The van der Waals surface area contributed by atoms with E-state index >= 15 is 0 Å². The molecule has 0 bridgehead atoms. The third-order valence-corrected chi connectivity index (χ3v) is 4.11. The van der Waals surface area contributed by atoms with E-state index in [1.165, 1.54) is 5.56 Å². The maximum absolute atomic E-state index is 6.01.